The van der Waals surface area contributed by atoms with Crippen molar-refractivity contribution in [2.45, 2.75) is 26.7 Å². The van der Waals surface area contributed by atoms with Crippen molar-refractivity contribution in [3.05, 3.63) is 12.3 Å². The number of aliphatic hydroxyl groups excluding tert-OH is 1. The summed E-state index contributed by atoms with van der Waals surface area (Å²) in [5.74, 6) is 0. The van der Waals surface area contributed by atoms with Gasteiger partial charge in [-0.2, -0.15) is 0 Å². The van der Waals surface area contributed by atoms with Crippen LogP contribution in [-0.4, -0.2) is 11.4 Å². The maximum Gasteiger partial charge on any atom is 0.120 e. The molecular weight excluding hydrogens is 128 g/mol. The van der Waals surface area contributed by atoms with Crippen molar-refractivity contribution >= 4 is 6.29 Å². The number of aliphatic hydroxyl groups is 1. The molecule has 0 fully saturated rings. The van der Waals surface area contributed by atoms with Crippen molar-refractivity contribution in [2.24, 2.45) is 5.41 Å². The number of hydrogen-bond acceptors (Lipinski definition) is 2. The first-order chi connectivity index (χ1) is 4.62. The number of aldehydes is 1. The van der Waals surface area contributed by atoms with Gasteiger partial charge in [0, 0.05) is 6.42 Å². The van der Waals surface area contributed by atoms with Gasteiger partial charge in [-0.05, 0) is 17.9 Å². The zero-order chi connectivity index (χ0) is 8.04. The third kappa shape index (κ3) is 4.13. The van der Waals surface area contributed by atoms with Gasteiger partial charge in [-0.3, -0.25) is 0 Å². The SMILES string of the molecule is CC(C)(/C=C/O)CCC=O. The Balaban J connectivity index is 3.73. The van der Waals surface area contributed by atoms with Gasteiger partial charge in [-0.1, -0.05) is 13.8 Å². The van der Waals surface area contributed by atoms with Crippen molar-refractivity contribution in [2.75, 3.05) is 0 Å². The average Bonchev–Trinajstić information content (AvgIpc) is 1.84. The van der Waals surface area contributed by atoms with E-state index in [1.54, 1.807) is 6.08 Å². The van der Waals surface area contributed by atoms with Crippen LogP contribution in [0.3, 0.4) is 0 Å². The molecule has 0 aliphatic rings. The van der Waals surface area contributed by atoms with Gasteiger partial charge in [0.1, 0.15) is 6.29 Å². The first kappa shape index (κ1) is 9.21. The molecule has 0 bridgehead atoms. The lowest BCUT2D eigenvalue weighted by molar-refractivity contribution is -0.108. The van der Waals surface area contributed by atoms with Crippen LogP contribution in [0.1, 0.15) is 26.7 Å². The minimum atomic E-state index is -0.0599. The van der Waals surface area contributed by atoms with E-state index in [1.165, 1.54) is 0 Å². The smallest absolute Gasteiger partial charge is 0.120 e. The summed E-state index contributed by atoms with van der Waals surface area (Å²) in [7, 11) is 0. The zero-order valence-corrected chi connectivity index (χ0v) is 6.50. The molecule has 0 amide bonds. The van der Waals surface area contributed by atoms with Gasteiger partial charge in [-0.25, -0.2) is 0 Å². The molecule has 0 aliphatic heterocycles. The molecular formula is C8H14O2. The highest BCUT2D eigenvalue weighted by atomic mass is 16.2. The van der Waals surface area contributed by atoms with Crippen LogP contribution in [0.2, 0.25) is 0 Å². The van der Waals surface area contributed by atoms with Crippen molar-refractivity contribution in [1.82, 2.24) is 0 Å². The van der Waals surface area contributed by atoms with E-state index in [9.17, 15) is 4.79 Å². The summed E-state index contributed by atoms with van der Waals surface area (Å²) in [5, 5.41) is 8.43. The van der Waals surface area contributed by atoms with E-state index in [4.69, 9.17) is 5.11 Å². The Morgan fingerprint density at radius 3 is 2.50 bits per heavy atom. The van der Waals surface area contributed by atoms with E-state index in [0.29, 0.717) is 6.42 Å². The van der Waals surface area contributed by atoms with Crippen LogP contribution in [-0.2, 0) is 4.79 Å². The third-order valence-electron chi connectivity index (χ3n) is 1.43. The third-order valence-corrected chi connectivity index (χ3v) is 1.43. The summed E-state index contributed by atoms with van der Waals surface area (Å²) in [5.41, 5.74) is -0.0599. The molecule has 0 saturated heterocycles. The summed E-state index contributed by atoms with van der Waals surface area (Å²) in [6.07, 6.45) is 4.96. The molecule has 1 N–H and O–H groups in total. The number of carbonyl (C=O) groups is 1. The molecule has 0 aliphatic carbocycles. The van der Waals surface area contributed by atoms with E-state index in [-0.39, 0.29) is 5.41 Å². The predicted octanol–water partition coefficient (Wildman–Crippen LogP) is 2.06. The number of allylic oxidation sites excluding steroid dienone is 1. The van der Waals surface area contributed by atoms with Crippen molar-refractivity contribution < 1.29 is 9.90 Å². The van der Waals surface area contributed by atoms with Crippen LogP contribution in [0, 0.1) is 5.41 Å². The van der Waals surface area contributed by atoms with Gasteiger partial charge in [0.05, 0.1) is 6.26 Å². The topological polar surface area (TPSA) is 37.3 Å². The van der Waals surface area contributed by atoms with Crippen LogP contribution in [0.5, 0.6) is 0 Å². The largest absolute Gasteiger partial charge is 0.516 e. The Labute approximate surface area is 61.6 Å². The lowest BCUT2D eigenvalue weighted by Crippen LogP contribution is -2.06. The quantitative estimate of drug-likeness (QED) is 0.482. The fourth-order valence-electron chi connectivity index (χ4n) is 0.716. The molecule has 0 aromatic carbocycles. The number of hydrogen-bond donors (Lipinski definition) is 1. The first-order valence-electron chi connectivity index (χ1n) is 3.38. The highest BCUT2D eigenvalue weighted by Gasteiger charge is 2.12. The summed E-state index contributed by atoms with van der Waals surface area (Å²) < 4.78 is 0. The summed E-state index contributed by atoms with van der Waals surface area (Å²) in [4.78, 5) is 9.97. The Morgan fingerprint density at radius 2 is 2.10 bits per heavy atom. The molecule has 2 nitrogen and oxygen atoms in total. The second-order valence-electron chi connectivity index (χ2n) is 3.01. The molecule has 0 saturated carbocycles. The van der Waals surface area contributed by atoms with E-state index >= 15 is 0 Å². The fourth-order valence-corrected chi connectivity index (χ4v) is 0.716. The maximum atomic E-state index is 9.97. The van der Waals surface area contributed by atoms with Gasteiger partial charge >= 0.3 is 0 Å². The second kappa shape index (κ2) is 4.09. The lowest BCUT2D eigenvalue weighted by atomic mass is 9.88. The molecule has 0 spiro atoms. The normalized spacial score (nSPS) is 12.2. The van der Waals surface area contributed by atoms with Crippen LogP contribution in [0.25, 0.3) is 0 Å². The summed E-state index contributed by atoms with van der Waals surface area (Å²) >= 11 is 0. The molecule has 58 valence electrons. The number of carbonyl (C=O) groups excluding carboxylic acids is 1. The van der Waals surface area contributed by atoms with Gasteiger partial charge in [-0.15, -0.1) is 0 Å². The van der Waals surface area contributed by atoms with Crippen LogP contribution < -0.4 is 0 Å². The zero-order valence-electron chi connectivity index (χ0n) is 6.50. The Hall–Kier alpha value is -0.790. The first-order valence-corrected chi connectivity index (χ1v) is 3.38. The highest BCUT2D eigenvalue weighted by molar-refractivity contribution is 5.49. The average molecular weight is 142 g/mol. The van der Waals surface area contributed by atoms with Crippen LogP contribution in [0.15, 0.2) is 12.3 Å². The molecule has 10 heavy (non-hydrogen) atoms. The van der Waals surface area contributed by atoms with E-state index in [1.807, 2.05) is 13.8 Å². The van der Waals surface area contributed by atoms with Crippen molar-refractivity contribution in [1.29, 1.82) is 0 Å². The molecule has 0 aromatic heterocycles. The van der Waals surface area contributed by atoms with E-state index in [2.05, 4.69) is 0 Å². The van der Waals surface area contributed by atoms with Gasteiger partial charge in [0.2, 0.25) is 0 Å². The Kier molecular flexibility index (Phi) is 3.77. The van der Waals surface area contributed by atoms with E-state index in [0.717, 1.165) is 19.0 Å². The van der Waals surface area contributed by atoms with Crippen molar-refractivity contribution in [3.8, 4) is 0 Å². The Bertz CT molecular complexity index is 125. The standard InChI is InChI=1S/C8H14O2/c1-8(2,5-7-10)4-3-6-9/h5-7,10H,3-4H2,1-2H3/b7-5+. The van der Waals surface area contributed by atoms with Gasteiger partial charge in [0.25, 0.3) is 0 Å². The molecule has 0 atom stereocenters. The van der Waals surface area contributed by atoms with Crippen molar-refractivity contribution in [3.63, 3.8) is 0 Å². The highest BCUT2D eigenvalue weighted by Crippen LogP contribution is 2.22. The molecule has 0 radical (unpaired) electrons. The minimum Gasteiger partial charge on any atom is -0.516 e. The van der Waals surface area contributed by atoms with Crippen LogP contribution in [0.4, 0.5) is 0 Å². The van der Waals surface area contributed by atoms with Crippen LogP contribution >= 0.6 is 0 Å². The van der Waals surface area contributed by atoms with Gasteiger partial charge in [0.15, 0.2) is 0 Å². The fraction of sp³-hybridized carbons (Fsp3) is 0.625. The number of rotatable bonds is 4. The monoisotopic (exact) mass is 142 g/mol. The maximum absolute atomic E-state index is 9.97. The molecule has 0 aromatic rings. The summed E-state index contributed by atoms with van der Waals surface area (Å²) in [6, 6.07) is 0. The molecule has 0 unspecified atom stereocenters. The molecule has 0 heterocycles. The summed E-state index contributed by atoms with van der Waals surface area (Å²) in [6.45, 7) is 3.95. The predicted molar refractivity (Wildman–Crippen MR) is 40.8 cm³/mol. The molecule has 0 rings (SSSR count). The van der Waals surface area contributed by atoms with E-state index < -0.39 is 0 Å². The second-order valence-corrected chi connectivity index (χ2v) is 3.01. The minimum absolute atomic E-state index is 0.0599. The Morgan fingerprint density at radius 1 is 1.50 bits per heavy atom. The molecule has 2 heteroatoms. The lowest BCUT2D eigenvalue weighted by Gasteiger charge is -2.16. The van der Waals surface area contributed by atoms with Gasteiger partial charge < -0.3 is 9.90 Å².